The van der Waals surface area contributed by atoms with Gasteiger partial charge in [-0.25, -0.2) is 0 Å². The molecule has 17 heavy (non-hydrogen) atoms. The topological polar surface area (TPSA) is 55.8 Å². The zero-order valence-corrected chi connectivity index (χ0v) is 9.81. The Morgan fingerprint density at radius 3 is 3.12 bits per heavy atom. The molecule has 4 nitrogen and oxygen atoms in total. The molecule has 4 heteroatoms. The maximum atomic E-state index is 10.9. The van der Waals surface area contributed by atoms with E-state index in [1.807, 2.05) is 18.2 Å². The lowest BCUT2D eigenvalue weighted by atomic mass is 10.1. The number of ether oxygens (including phenoxy) is 2. The van der Waals surface area contributed by atoms with Gasteiger partial charge in [0.25, 0.3) is 0 Å². The van der Waals surface area contributed by atoms with E-state index in [-0.39, 0.29) is 18.5 Å². The van der Waals surface area contributed by atoms with Crippen LogP contribution >= 0.6 is 0 Å². The molecule has 0 fully saturated rings. The van der Waals surface area contributed by atoms with Crippen molar-refractivity contribution in [1.29, 1.82) is 0 Å². The summed E-state index contributed by atoms with van der Waals surface area (Å²) in [5.74, 6) is 0.487. The molecule has 1 aromatic rings. The van der Waals surface area contributed by atoms with Gasteiger partial charge in [-0.05, 0) is 24.5 Å². The van der Waals surface area contributed by atoms with Crippen LogP contribution in [-0.2, 0) is 16.0 Å². The van der Waals surface area contributed by atoms with Crippen LogP contribution in [0.4, 0.5) is 0 Å². The molecule has 0 aromatic heterocycles. The average molecular weight is 236 g/mol. The summed E-state index contributed by atoms with van der Waals surface area (Å²) in [5, 5.41) is 9.73. The number of esters is 1. The summed E-state index contributed by atoms with van der Waals surface area (Å²) in [6, 6.07) is 5.65. The Balaban J connectivity index is 2.00. The molecular weight excluding hydrogens is 220 g/mol. The highest BCUT2D eigenvalue weighted by atomic mass is 16.5. The summed E-state index contributed by atoms with van der Waals surface area (Å²) in [7, 11) is 1.36. The summed E-state index contributed by atoms with van der Waals surface area (Å²) in [6.07, 6.45) is 1.43. The number of rotatable bonds is 4. The van der Waals surface area contributed by atoms with Crippen molar-refractivity contribution in [3.63, 3.8) is 0 Å². The van der Waals surface area contributed by atoms with Crippen molar-refractivity contribution in [2.45, 2.75) is 25.4 Å². The molecule has 1 aliphatic rings. The quantitative estimate of drug-likeness (QED) is 0.807. The standard InChI is InChI=1S/C13H16O4/c1-16-13(15)7-8-17-12-4-2-3-9-10(12)5-6-11(9)14/h2-4,11,14H,5-8H2,1H3. The van der Waals surface area contributed by atoms with Gasteiger partial charge in [0, 0.05) is 5.56 Å². The van der Waals surface area contributed by atoms with E-state index >= 15 is 0 Å². The smallest absolute Gasteiger partial charge is 0.308 e. The van der Waals surface area contributed by atoms with E-state index in [0.717, 1.165) is 29.7 Å². The molecule has 0 bridgehead atoms. The van der Waals surface area contributed by atoms with Crippen molar-refractivity contribution in [1.82, 2.24) is 0 Å². The minimum absolute atomic E-state index is 0.239. The van der Waals surface area contributed by atoms with E-state index in [1.54, 1.807) is 0 Å². The van der Waals surface area contributed by atoms with Crippen LogP contribution < -0.4 is 4.74 Å². The van der Waals surface area contributed by atoms with E-state index in [4.69, 9.17) is 4.74 Å². The number of carbonyl (C=O) groups is 1. The first-order valence-electron chi connectivity index (χ1n) is 5.72. The third-order valence-corrected chi connectivity index (χ3v) is 2.99. The number of aliphatic hydroxyl groups excluding tert-OH is 1. The number of fused-ring (bicyclic) bond motifs is 1. The van der Waals surface area contributed by atoms with Gasteiger partial charge < -0.3 is 14.6 Å². The van der Waals surface area contributed by atoms with Gasteiger partial charge in [-0.15, -0.1) is 0 Å². The van der Waals surface area contributed by atoms with Gasteiger partial charge in [0.05, 0.1) is 26.2 Å². The average Bonchev–Trinajstić information content (AvgIpc) is 2.72. The van der Waals surface area contributed by atoms with E-state index < -0.39 is 0 Å². The summed E-state index contributed by atoms with van der Waals surface area (Å²) in [4.78, 5) is 10.9. The van der Waals surface area contributed by atoms with Gasteiger partial charge in [0.1, 0.15) is 5.75 Å². The van der Waals surface area contributed by atoms with Gasteiger partial charge >= 0.3 is 5.97 Å². The fourth-order valence-corrected chi connectivity index (χ4v) is 2.08. The second-order valence-electron chi connectivity index (χ2n) is 4.05. The molecular formula is C13H16O4. The fraction of sp³-hybridized carbons (Fsp3) is 0.462. The maximum Gasteiger partial charge on any atom is 0.308 e. The van der Waals surface area contributed by atoms with Crippen LogP contribution in [-0.4, -0.2) is 24.8 Å². The van der Waals surface area contributed by atoms with Gasteiger partial charge in [-0.2, -0.15) is 0 Å². The van der Waals surface area contributed by atoms with E-state index in [1.165, 1.54) is 7.11 Å². The molecule has 1 aromatic carbocycles. The SMILES string of the molecule is COC(=O)CCOc1cccc2c1CCC2O. The molecule has 1 unspecified atom stereocenters. The third-order valence-electron chi connectivity index (χ3n) is 2.99. The molecule has 1 N–H and O–H groups in total. The first kappa shape index (κ1) is 11.9. The first-order valence-corrected chi connectivity index (χ1v) is 5.72. The minimum Gasteiger partial charge on any atom is -0.493 e. The highest BCUT2D eigenvalue weighted by Gasteiger charge is 2.23. The molecule has 92 valence electrons. The Morgan fingerprint density at radius 1 is 1.53 bits per heavy atom. The molecule has 0 saturated carbocycles. The Bertz CT molecular complexity index is 414. The molecule has 0 amide bonds. The summed E-state index contributed by atoms with van der Waals surface area (Å²) in [5.41, 5.74) is 2.01. The lowest BCUT2D eigenvalue weighted by Gasteiger charge is -2.10. The third kappa shape index (κ3) is 2.58. The molecule has 0 saturated heterocycles. The summed E-state index contributed by atoms with van der Waals surface area (Å²) < 4.78 is 10.1. The first-order chi connectivity index (χ1) is 8.22. The fourth-order valence-electron chi connectivity index (χ4n) is 2.08. The monoisotopic (exact) mass is 236 g/mol. The number of hydrogen-bond donors (Lipinski definition) is 1. The van der Waals surface area contributed by atoms with Crippen molar-refractivity contribution in [3.05, 3.63) is 29.3 Å². The van der Waals surface area contributed by atoms with Gasteiger partial charge in [0.15, 0.2) is 0 Å². The molecule has 0 spiro atoms. The van der Waals surface area contributed by atoms with Gasteiger partial charge in [0.2, 0.25) is 0 Å². The van der Waals surface area contributed by atoms with Crippen LogP contribution in [0, 0.1) is 0 Å². The van der Waals surface area contributed by atoms with Crippen molar-refractivity contribution in [3.8, 4) is 5.75 Å². The zero-order valence-electron chi connectivity index (χ0n) is 9.81. The predicted octanol–water partition coefficient (Wildman–Crippen LogP) is 1.61. The second kappa shape index (κ2) is 5.19. The highest BCUT2D eigenvalue weighted by Crippen LogP contribution is 2.36. The van der Waals surface area contributed by atoms with Crippen molar-refractivity contribution >= 4 is 5.97 Å². The largest absolute Gasteiger partial charge is 0.493 e. The van der Waals surface area contributed by atoms with Crippen LogP contribution in [0.25, 0.3) is 0 Å². The van der Waals surface area contributed by atoms with Crippen LogP contribution in [0.1, 0.15) is 30.1 Å². The normalized spacial score (nSPS) is 17.6. The maximum absolute atomic E-state index is 10.9. The molecule has 0 heterocycles. The number of benzene rings is 1. The van der Waals surface area contributed by atoms with Gasteiger partial charge in [-0.1, -0.05) is 12.1 Å². The molecule has 0 radical (unpaired) electrons. The summed E-state index contributed by atoms with van der Waals surface area (Å²) in [6.45, 7) is 0.305. The number of hydrogen-bond acceptors (Lipinski definition) is 4. The minimum atomic E-state index is -0.380. The Labute approximate surface area is 100 Å². The lowest BCUT2D eigenvalue weighted by Crippen LogP contribution is -2.08. The van der Waals surface area contributed by atoms with Gasteiger partial charge in [-0.3, -0.25) is 4.79 Å². The second-order valence-corrected chi connectivity index (χ2v) is 4.05. The molecule has 1 aliphatic carbocycles. The van der Waals surface area contributed by atoms with Crippen LogP contribution in [0.15, 0.2) is 18.2 Å². The molecule has 0 aliphatic heterocycles. The van der Waals surface area contributed by atoms with E-state index in [0.29, 0.717) is 6.61 Å². The van der Waals surface area contributed by atoms with E-state index in [9.17, 15) is 9.90 Å². The number of carbonyl (C=O) groups excluding carboxylic acids is 1. The van der Waals surface area contributed by atoms with Crippen molar-refractivity contribution in [2.75, 3.05) is 13.7 Å². The highest BCUT2D eigenvalue weighted by molar-refractivity contribution is 5.69. The summed E-state index contributed by atoms with van der Waals surface area (Å²) >= 11 is 0. The Hall–Kier alpha value is -1.55. The predicted molar refractivity (Wildman–Crippen MR) is 61.9 cm³/mol. The lowest BCUT2D eigenvalue weighted by molar-refractivity contribution is -0.141. The molecule has 1 atom stereocenters. The number of aliphatic hydroxyl groups is 1. The van der Waals surface area contributed by atoms with E-state index in [2.05, 4.69) is 4.74 Å². The zero-order chi connectivity index (χ0) is 12.3. The van der Waals surface area contributed by atoms with Crippen molar-refractivity contribution in [2.24, 2.45) is 0 Å². The Morgan fingerprint density at radius 2 is 2.35 bits per heavy atom. The van der Waals surface area contributed by atoms with Crippen molar-refractivity contribution < 1.29 is 19.4 Å². The number of methoxy groups -OCH3 is 1. The Kier molecular flexibility index (Phi) is 3.64. The van der Waals surface area contributed by atoms with Crippen LogP contribution in [0.3, 0.4) is 0 Å². The van der Waals surface area contributed by atoms with Crippen LogP contribution in [0.5, 0.6) is 5.75 Å². The molecule has 2 rings (SSSR count). The van der Waals surface area contributed by atoms with Crippen LogP contribution in [0.2, 0.25) is 0 Å².